The highest BCUT2D eigenvalue weighted by molar-refractivity contribution is 7.80. The first-order valence-electron chi connectivity index (χ1n) is 13.7. The van der Waals surface area contributed by atoms with E-state index in [1.165, 1.54) is 12.0 Å². The Hall–Kier alpha value is -2.61. The second kappa shape index (κ2) is 10.5. The van der Waals surface area contributed by atoms with Crippen molar-refractivity contribution in [1.82, 2.24) is 19.7 Å². The zero-order valence-corrected chi connectivity index (χ0v) is 23.7. The molecule has 200 valence electrons. The molecule has 0 spiro atoms. The third kappa shape index (κ3) is 4.59. The lowest BCUT2D eigenvalue weighted by Crippen LogP contribution is -2.44. The predicted octanol–water partition coefficient (Wildman–Crippen LogP) is 5.93. The minimum Gasteiger partial charge on any atom is -0.494 e. The highest BCUT2D eigenvalue weighted by Gasteiger charge is 2.52. The zero-order chi connectivity index (χ0) is 26.4. The number of carbonyl (C=O) groups is 1. The minimum absolute atomic E-state index is 0.148. The van der Waals surface area contributed by atoms with Gasteiger partial charge in [-0.25, -0.2) is 0 Å². The maximum absolute atomic E-state index is 13.9. The van der Waals surface area contributed by atoms with Crippen molar-refractivity contribution in [3.8, 4) is 5.75 Å². The molecule has 1 saturated carbocycles. The summed E-state index contributed by atoms with van der Waals surface area (Å²) in [6, 6.07) is 14.0. The number of carbonyl (C=O) groups excluding carboxylic acids is 1. The molecule has 3 aliphatic rings. The fraction of sp³-hybridized carbons (Fsp3) is 0.467. The van der Waals surface area contributed by atoms with Crippen LogP contribution in [0.2, 0.25) is 5.02 Å². The van der Waals surface area contributed by atoms with Crippen LogP contribution in [-0.4, -0.2) is 70.0 Å². The summed E-state index contributed by atoms with van der Waals surface area (Å²) in [6.45, 7) is 1.67. The van der Waals surface area contributed by atoms with Crippen molar-refractivity contribution in [2.45, 2.75) is 63.1 Å². The normalized spacial score (nSPS) is 21.9. The largest absolute Gasteiger partial charge is 0.494 e. The van der Waals surface area contributed by atoms with Crippen LogP contribution in [0.3, 0.4) is 0 Å². The van der Waals surface area contributed by atoms with Crippen molar-refractivity contribution in [2.24, 2.45) is 0 Å². The van der Waals surface area contributed by atoms with Gasteiger partial charge in [0.2, 0.25) is 0 Å². The topological polar surface area (TPSA) is 51.8 Å². The van der Waals surface area contributed by atoms with Crippen LogP contribution in [0, 0.1) is 0 Å². The maximum atomic E-state index is 13.9. The van der Waals surface area contributed by atoms with Gasteiger partial charge in [0.1, 0.15) is 11.8 Å². The molecule has 0 radical (unpaired) electrons. The van der Waals surface area contributed by atoms with Crippen LogP contribution >= 0.6 is 23.8 Å². The Morgan fingerprint density at radius 1 is 1.11 bits per heavy atom. The van der Waals surface area contributed by atoms with Gasteiger partial charge in [0, 0.05) is 40.6 Å². The second-order valence-electron chi connectivity index (χ2n) is 11.1. The fourth-order valence-corrected chi connectivity index (χ4v) is 7.10. The van der Waals surface area contributed by atoms with Gasteiger partial charge in [-0.05, 0) is 87.0 Å². The number of rotatable bonds is 7. The molecular weight excluding hydrogens is 516 g/mol. The average molecular weight is 551 g/mol. The number of fused-ring (bicyclic) bond motifs is 4. The van der Waals surface area contributed by atoms with Crippen molar-refractivity contribution in [3.05, 3.63) is 64.3 Å². The number of aromatic amines is 1. The smallest absolute Gasteiger partial charge is 0.252 e. The van der Waals surface area contributed by atoms with E-state index in [4.69, 9.17) is 28.6 Å². The van der Waals surface area contributed by atoms with Gasteiger partial charge in [-0.3, -0.25) is 9.69 Å². The van der Waals surface area contributed by atoms with E-state index in [9.17, 15) is 4.79 Å². The molecule has 3 aromatic rings. The minimum atomic E-state index is -0.304. The van der Waals surface area contributed by atoms with E-state index in [1.54, 1.807) is 0 Å². The lowest BCUT2D eigenvalue weighted by molar-refractivity contribution is -0.130. The number of amides is 1. The number of nitrogens with one attached hydrogen (secondary N) is 1. The summed E-state index contributed by atoms with van der Waals surface area (Å²) < 4.78 is 6.00. The first-order valence-corrected chi connectivity index (χ1v) is 14.5. The molecule has 3 heterocycles. The Labute approximate surface area is 234 Å². The van der Waals surface area contributed by atoms with Gasteiger partial charge in [0.15, 0.2) is 5.11 Å². The van der Waals surface area contributed by atoms with Gasteiger partial charge >= 0.3 is 0 Å². The maximum Gasteiger partial charge on any atom is 0.252 e. The van der Waals surface area contributed by atoms with Crippen LogP contribution in [0.1, 0.15) is 61.4 Å². The number of nitrogens with zero attached hydrogens (tertiary/aromatic N) is 3. The van der Waals surface area contributed by atoms with E-state index in [2.05, 4.69) is 41.0 Å². The van der Waals surface area contributed by atoms with Crippen molar-refractivity contribution < 1.29 is 9.53 Å². The zero-order valence-electron chi connectivity index (χ0n) is 22.1. The molecule has 1 aliphatic carbocycles. The van der Waals surface area contributed by atoms with Crippen LogP contribution in [0.15, 0.2) is 42.5 Å². The summed E-state index contributed by atoms with van der Waals surface area (Å²) >= 11 is 12.5. The van der Waals surface area contributed by atoms with Gasteiger partial charge < -0.3 is 19.5 Å². The number of aromatic nitrogens is 1. The average Bonchev–Trinajstić information content (AvgIpc) is 3.40. The third-order valence-corrected chi connectivity index (χ3v) is 8.93. The molecule has 1 amide bonds. The summed E-state index contributed by atoms with van der Waals surface area (Å²) in [5.41, 5.74) is 4.39. The second-order valence-corrected chi connectivity index (χ2v) is 11.9. The molecule has 38 heavy (non-hydrogen) atoms. The number of halogens is 1. The van der Waals surface area contributed by atoms with Crippen molar-refractivity contribution in [1.29, 1.82) is 0 Å². The van der Waals surface area contributed by atoms with Crippen molar-refractivity contribution in [2.75, 3.05) is 27.2 Å². The highest BCUT2D eigenvalue weighted by Crippen LogP contribution is 2.45. The predicted molar refractivity (Wildman–Crippen MR) is 156 cm³/mol. The van der Waals surface area contributed by atoms with E-state index in [-0.39, 0.29) is 24.0 Å². The molecular formula is C30H35ClN4O2S. The summed E-state index contributed by atoms with van der Waals surface area (Å²) in [7, 11) is 4.14. The van der Waals surface area contributed by atoms with Gasteiger partial charge in [0.05, 0.1) is 12.6 Å². The molecule has 1 N–H and O–H groups in total. The van der Waals surface area contributed by atoms with E-state index in [0.29, 0.717) is 23.2 Å². The number of ether oxygens (including phenoxy) is 1. The Morgan fingerprint density at radius 3 is 2.61 bits per heavy atom. The first-order chi connectivity index (χ1) is 18.4. The van der Waals surface area contributed by atoms with Gasteiger partial charge in [0.25, 0.3) is 5.91 Å². The summed E-state index contributed by atoms with van der Waals surface area (Å²) in [6.07, 6.45) is 7.21. The van der Waals surface area contributed by atoms with E-state index < -0.39 is 0 Å². The Kier molecular flexibility index (Phi) is 7.10. The van der Waals surface area contributed by atoms with Gasteiger partial charge in [-0.2, -0.15) is 0 Å². The Bertz CT molecular complexity index is 1350. The highest BCUT2D eigenvalue weighted by atomic mass is 35.5. The number of H-pyrrole nitrogens is 1. The van der Waals surface area contributed by atoms with E-state index in [0.717, 1.165) is 66.6 Å². The van der Waals surface area contributed by atoms with Gasteiger partial charge in [-0.15, -0.1) is 0 Å². The van der Waals surface area contributed by atoms with E-state index >= 15 is 0 Å². The van der Waals surface area contributed by atoms with Gasteiger partial charge in [-0.1, -0.05) is 43.0 Å². The SMILES string of the molecule is CN(C)CCCOc1ccc(C2c3[nH]c4ccc(Cl)cc4c3CC3C(=O)N(C4CCCCC4)C(=S)N32)cc1. The van der Waals surface area contributed by atoms with E-state index in [1.807, 2.05) is 35.2 Å². The Morgan fingerprint density at radius 2 is 1.87 bits per heavy atom. The van der Waals surface area contributed by atoms with Crippen LogP contribution < -0.4 is 4.74 Å². The molecule has 6 rings (SSSR count). The number of hydrogen-bond acceptors (Lipinski definition) is 4. The Balaban J connectivity index is 1.36. The van der Waals surface area contributed by atoms with Crippen LogP contribution in [0.25, 0.3) is 10.9 Å². The molecule has 8 heteroatoms. The molecule has 2 fully saturated rings. The van der Waals surface area contributed by atoms with Crippen molar-refractivity contribution >= 4 is 45.7 Å². The monoisotopic (exact) mass is 550 g/mol. The first kappa shape index (κ1) is 25.7. The fourth-order valence-electron chi connectivity index (χ4n) is 6.45. The van der Waals surface area contributed by atoms with Crippen LogP contribution in [-0.2, 0) is 11.2 Å². The lowest BCUT2D eigenvalue weighted by Gasteiger charge is -2.38. The molecule has 6 nitrogen and oxygen atoms in total. The third-order valence-electron chi connectivity index (χ3n) is 8.29. The molecule has 1 aromatic heterocycles. The molecule has 2 aromatic carbocycles. The number of benzene rings is 2. The van der Waals surface area contributed by atoms with Crippen LogP contribution in [0.4, 0.5) is 0 Å². The quantitative estimate of drug-likeness (QED) is 0.292. The molecule has 1 saturated heterocycles. The summed E-state index contributed by atoms with van der Waals surface area (Å²) in [5, 5.41) is 2.46. The van der Waals surface area contributed by atoms with Crippen molar-refractivity contribution in [3.63, 3.8) is 0 Å². The summed E-state index contributed by atoms with van der Waals surface area (Å²) in [4.78, 5) is 23.9. The molecule has 2 atom stereocenters. The number of thiocarbonyl (C=S) groups is 1. The summed E-state index contributed by atoms with van der Waals surface area (Å²) in [5.74, 6) is 1.00. The molecule has 2 unspecified atom stereocenters. The standard InChI is InChI=1S/C30H35ClN4O2S/c1-33(2)15-6-16-37-22-12-9-19(10-13-22)28-27-24(23-17-20(31)11-14-25(23)32-27)18-26-29(36)34(30(38)35(26)28)21-7-4-3-5-8-21/h9-14,17,21,26,28,32H,3-8,15-16,18H2,1-2H3. The molecule has 2 aliphatic heterocycles. The molecule has 0 bridgehead atoms. The number of hydrogen-bond donors (Lipinski definition) is 1. The van der Waals surface area contributed by atoms with Crippen LogP contribution in [0.5, 0.6) is 5.75 Å². The lowest BCUT2D eigenvalue weighted by atomic mass is 9.88.